The molecule has 168 valence electrons. The number of allylic oxidation sites excluding steroid dienone is 1. The maximum absolute atomic E-state index is 14.1. The SMILES string of the molecule is CSNc1ccc2c(c1)PNC(C1=C(C)c3ccccc3C(C)(CCC(C)(C)C)C1=O)=N2. The molecule has 2 unspecified atom stereocenters. The molecule has 1 aliphatic carbocycles. The number of ketones is 1. The predicted molar refractivity (Wildman–Crippen MR) is 142 cm³/mol. The average molecular weight is 466 g/mol. The number of carbonyl (C=O) groups excluding carboxylic acids is 1. The molecule has 0 amide bonds. The Kier molecular flexibility index (Phi) is 6.26. The molecule has 0 fully saturated rings. The van der Waals surface area contributed by atoms with Gasteiger partial charge in [0.15, 0.2) is 5.78 Å². The van der Waals surface area contributed by atoms with Crippen LogP contribution in [0.1, 0.15) is 58.6 Å². The Balaban J connectivity index is 1.79. The highest BCUT2D eigenvalue weighted by molar-refractivity contribution is 7.99. The van der Waals surface area contributed by atoms with E-state index in [2.05, 4.69) is 68.7 Å². The van der Waals surface area contributed by atoms with Crippen LogP contribution < -0.4 is 15.1 Å². The monoisotopic (exact) mass is 465 g/mol. The molecular formula is C26H32N3OPS. The number of amidine groups is 1. The molecule has 1 aliphatic heterocycles. The number of hydrogen-bond donors (Lipinski definition) is 2. The minimum absolute atomic E-state index is 0.165. The Morgan fingerprint density at radius 1 is 1.19 bits per heavy atom. The van der Waals surface area contributed by atoms with E-state index in [9.17, 15) is 4.79 Å². The molecule has 4 nitrogen and oxygen atoms in total. The fraction of sp³-hybridized carbons (Fsp3) is 0.385. The Labute approximate surface area is 197 Å². The van der Waals surface area contributed by atoms with Crippen molar-refractivity contribution in [3.8, 4) is 0 Å². The van der Waals surface area contributed by atoms with Gasteiger partial charge >= 0.3 is 0 Å². The number of fused-ring (bicyclic) bond motifs is 2. The van der Waals surface area contributed by atoms with Gasteiger partial charge in [-0.1, -0.05) is 57.0 Å². The molecule has 0 spiro atoms. The predicted octanol–water partition coefficient (Wildman–Crippen LogP) is 6.37. The first-order chi connectivity index (χ1) is 15.1. The number of nitrogens with one attached hydrogen (secondary N) is 2. The zero-order valence-corrected chi connectivity index (χ0v) is 21.5. The highest BCUT2D eigenvalue weighted by atomic mass is 32.2. The van der Waals surface area contributed by atoms with E-state index in [4.69, 9.17) is 4.99 Å². The van der Waals surface area contributed by atoms with E-state index in [-0.39, 0.29) is 11.2 Å². The van der Waals surface area contributed by atoms with Crippen LogP contribution in [0.4, 0.5) is 11.4 Å². The van der Waals surface area contributed by atoms with Gasteiger partial charge < -0.3 is 9.81 Å². The molecular weight excluding hydrogens is 433 g/mol. The summed E-state index contributed by atoms with van der Waals surface area (Å²) >= 11 is 1.57. The van der Waals surface area contributed by atoms with Gasteiger partial charge in [-0.2, -0.15) is 0 Å². The normalized spacial score (nSPS) is 21.1. The molecule has 0 bridgehead atoms. The standard InChI is InChI=1S/C26H32N3OPS/c1-16-18-9-7-8-10-19(18)26(5,14-13-25(2,3)4)23(30)22(16)24-27-20-12-11-17(29-32-6)15-21(20)31-28-24/h7-12,15,29,31H,13-14H2,1-6H3,(H,27,28). The summed E-state index contributed by atoms with van der Waals surface area (Å²) < 4.78 is 3.28. The first-order valence-electron chi connectivity index (χ1n) is 11.0. The maximum atomic E-state index is 14.1. The lowest BCUT2D eigenvalue weighted by atomic mass is 9.64. The Bertz CT molecular complexity index is 1130. The number of Topliss-reactive ketones (excluding diaryl/α,β-unsaturated/α-hetero) is 1. The van der Waals surface area contributed by atoms with Crippen LogP contribution in [0.2, 0.25) is 0 Å². The van der Waals surface area contributed by atoms with Crippen molar-refractivity contribution in [1.29, 1.82) is 0 Å². The second kappa shape index (κ2) is 8.68. The first-order valence-corrected chi connectivity index (χ1v) is 13.3. The van der Waals surface area contributed by atoms with E-state index in [0.717, 1.165) is 51.8 Å². The summed E-state index contributed by atoms with van der Waals surface area (Å²) in [5, 5.41) is 4.64. The van der Waals surface area contributed by atoms with Crippen molar-refractivity contribution in [2.45, 2.75) is 52.9 Å². The van der Waals surface area contributed by atoms with Crippen molar-refractivity contribution >= 4 is 54.6 Å². The highest BCUT2D eigenvalue weighted by Gasteiger charge is 2.44. The Morgan fingerprint density at radius 2 is 1.94 bits per heavy atom. The summed E-state index contributed by atoms with van der Waals surface area (Å²) in [4.78, 5) is 19.0. The van der Waals surface area contributed by atoms with Crippen molar-refractivity contribution in [3.63, 3.8) is 0 Å². The fourth-order valence-corrected chi connectivity index (χ4v) is 5.75. The number of nitrogens with zero attached hydrogens (tertiary/aromatic N) is 1. The van der Waals surface area contributed by atoms with Crippen LogP contribution in [0.15, 0.2) is 53.0 Å². The second-order valence-corrected chi connectivity index (χ2v) is 11.7. The molecule has 2 aromatic rings. The fourth-order valence-electron chi connectivity index (χ4n) is 4.46. The van der Waals surface area contributed by atoms with E-state index in [1.807, 2.05) is 24.5 Å². The maximum Gasteiger partial charge on any atom is 0.177 e. The van der Waals surface area contributed by atoms with Gasteiger partial charge in [-0.25, -0.2) is 4.99 Å². The van der Waals surface area contributed by atoms with Gasteiger partial charge in [0.1, 0.15) is 5.84 Å². The van der Waals surface area contributed by atoms with Gasteiger partial charge in [0.05, 0.1) is 16.7 Å². The van der Waals surface area contributed by atoms with Gasteiger partial charge in [0, 0.05) is 26.0 Å². The molecule has 2 N–H and O–H groups in total. The molecule has 32 heavy (non-hydrogen) atoms. The van der Waals surface area contributed by atoms with Crippen LogP contribution >= 0.6 is 20.7 Å². The number of benzene rings is 2. The third-order valence-electron chi connectivity index (χ3n) is 6.40. The number of anilines is 1. The molecule has 2 aromatic carbocycles. The number of aliphatic imine (C=N–C) groups is 1. The van der Waals surface area contributed by atoms with E-state index in [1.165, 1.54) is 0 Å². The first kappa shape index (κ1) is 23.1. The van der Waals surface area contributed by atoms with Crippen molar-refractivity contribution in [1.82, 2.24) is 5.09 Å². The lowest BCUT2D eigenvalue weighted by Crippen LogP contribution is -2.43. The summed E-state index contributed by atoms with van der Waals surface area (Å²) in [6.07, 6.45) is 3.80. The van der Waals surface area contributed by atoms with E-state index in [0.29, 0.717) is 14.6 Å². The largest absolute Gasteiger partial charge is 0.347 e. The van der Waals surface area contributed by atoms with Crippen LogP contribution in [-0.2, 0) is 10.2 Å². The number of hydrogen-bond acceptors (Lipinski definition) is 5. The van der Waals surface area contributed by atoms with Crippen molar-refractivity contribution in [3.05, 3.63) is 59.2 Å². The minimum Gasteiger partial charge on any atom is -0.347 e. The van der Waals surface area contributed by atoms with Gasteiger partial charge in [0.2, 0.25) is 0 Å². The zero-order valence-electron chi connectivity index (χ0n) is 19.7. The highest BCUT2D eigenvalue weighted by Crippen LogP contribution is 2.45. The molecule has 4 rings (SSSR count). The lowest BCUT2D eigenvalue weighted by molar-refractivity contribution is -0.120. The summed E-state index contributed by atoms with van der Waals surface area (Å²) in [6.45, 7) is 10.9. The van der Waals surface area contributed by atoms with Crippen LogP contribution in [0.25, 0.3) is 5.57 Å². The van der Waals surface area contributed by atoms with Crippen molar-refractivity contribution in [2.24, 2.45) is 10.4 Å². The summed E-state index contributed by atoms with van der Waals surface area (Å²) in [7, 11) is 0.368. The van der Waals surface area contributed by atoms with Crippen LogP contribution in [0, 0.1) is 5.41 Å². The van der Waals surface area contributed by atoms with Gasteiger partial charge in [-0.15, -0.1) is 0 Å². The smallest absolute Gasteiger partial charge is 0.177 e. The molecule has 2 atom stereocenters. The molecule has 0 aromatic heterocycles. The average Bonchev–Trinajstić information content (AvgIpc) is 2.76. The topological polar surface area (TPSA) is 53.5 Å². The molecule has 1 heterocycles. The van der Waals surface area contributed by atoms with E-state index in [1.54, 1.807) is 11.9 Å². The molecule has 0 radical (unpaired) electrons. The zero-order chi connectivity index (χ0) is 23.1. The van der Waals surface area contributed by atoms with Crippen molar-refractivity contribution in [2.75, 3.05) is 11.0 Å². The molecule has 0 saturated heterocycles. The molecule has 0 saturated carbocycles. The summed E-state index contributed by atoms with van der Waals surface area (Å²) in [5.41, 5.74) is 5.67. The Morgan fingerprint density at radius 3 is 2.66 bits per heavy atom. The van der Waals surface area contributed by atoms with Crippen LogP contribution in [0.5, 0.6) is 0 Å². The third kappa shape index (κ3) is 4.25. The van der Waals surface area contributed by atoms with Gasteiger partial charge in [-0.3, -0.25) is 4.79 Å². The quantitative estimate of drug-likeness (QED) is 0.398. The van der Waals surface area contributed by atoms with Crippen LogP contribution in [0.3, 0.4) is 0 Å². The molecule has 2 aliphatic rings. The van der Waals surface area contributed by atoms with E-state index < -0.39 is 5.41 Å². The third-order valence-corrected chi connectivity index (χ3v) is 7.88. The number of rotatable bonds is 5. The second-order valence-electron chi connectivity index (χ2n) is 10.0. The van der Waals surface area contributed by atoms with Gasteiger partial charge in [0.25, 0.3) is 0 Å². The summed E-state index contributed by atoms with van der Waals surface area (Å²) in [5.74, 6) is 0.888. The van der Waals surface area contributed by atoms with Gasteiger partial charge in [-0.05, 0) is 67.0 Å². The molecule has 6 heteroatoms. The lowest BCUT2D eigenvalue weighted by Gasteiger charge is -2.38. The summed E-state index contributed by atoms with van der Waals surface area (Å²) in [6, 6.07) is 14.6. The van der Waals surface area contributed by atoms with Crippen LogP contribution in [-0.4, -0.2) is 17.9 Å². The minimum atomic E-state index is -0.557. The number of carbonyl (C=O) groups is 1. The Hall–Kier alpha value is -2.10. The van der Waals surface area contributed by atoms with Crippen molar-refractivity contribution < 1.29 is 4.79 Å². The van der Waals surface area contributed by atoms with E-state index >= 15 is 0 Å².